The zero-order valence-corrected chi connectivity index (χ0v) is 8.78. The van der Waals surface area contributed by atoms with E-state index in [2.05, 4.69) is 4.74 Å². The summed E-state index contributed by atoms with van der Waals surface area (Å²) in [5.41, 5.74) is 0. The van der Waals surface area contributed by atoms with Crippen LogP contribution in [-0.4, -0.2) is 41.7 Å². The smallest absolute Gasteiger partial charge is 0.377 e. The highest BCUT2D eigenvalue weighted by Crippen LogP contribution is 2.22. The molecule has 0 radical (unpaired) electrons. The Labute approximate surface area is 85.8 Å². The van der Waals surface area contributed by atoms with Crippen LogP contribution in [0, 0.1) is 0 Å². The maximum Gasteiger partial charge on any atom is 0.377 e. The van der Waals surface area contributed by atoms with Gasteiger partial charge in [0.1, 0.15) is 0 Å². The zero-order valence-electron chi connectivity index (χ0n) is 7.96. The fourth-order valence-corrected chi connectivity index (χ4v) is 1.51. The van der Waals surface area contributed by atoms with Crippen molar-refractivity contribution < 1.29 is 23.4 Å². The standard InChI is InChI=1S/C8H14F2O3S/c1-2-13-7(12)8(9,10)6-14-5-3-4-11/h11H,2-6H2,1H3. The summed E-state index contributed by atoms with van der Waals surface area (Å²) < 4.78 is 30.0. The predicted octanol–water partition coefficient (Wildman–Crippen LogP) is 1.30. The third kappa shape index (κ3) is 5.39. The molecule has 0 aromatic rings. The van der Waals surface area contributed by atoms with Crippen LogP contribution in [0.2, 0.25) is 0 Å². The molecule has 0 atom stereocenters. The molecule has 1 N–H and O–H groups in total. The van der Waals surface area contributed by atoms with Gasteiger partial charge in [0.25, 0.3) is 0 Å². The normalized spacial score (nSPS) is 11.4. The second kappa shape index (κ2) is 7.00. The minimum atomic E-state index is -3.42. The van der Waals surface area contributed by atoms with Gasteiger partial charge in [0, 0.05) is 6.61 Å². The molecular weight excluding hydrogens is 214 g/mol. The largest absolute Gasteiger partial charge is 0.462 e. The Morgan fingerprint density at radius 2 is 2.21 bits per heavy atom. The van der Waals surface area contributed by atoms with Crippen molar-refractivity contribution in [2.45, 2.75) is 19.3 Å². The maximum atomic E-state index is 12.9. The lowest BCUT2D eigenvalue weighted by Gasteiger charge is -2.13. The fourth-order valence-electron chi connectivity index (χ4n) is 0.663. The van der Waals surface area contributed by atoms with Gasteiger partial charge in [-0.25, -0.2) is 4.79 Å². The van der Waals surface area contributed by atoms with Gasteiger partial charge in [-0.15, -0.1) is 0 Å². The minimum Gasteiger partial charge on any atom is -0.462 e. The van der Waals surface area contributed by atoms with Crippen LogP contribution in [0.25, 0.3) is 0 Å². The first-order valence-electron chi connectivity index (χ1n) is 4.28. The van der Waals surface area contributed by atoms with Gasteiger partial charge in [-0.1, -0.05) is 0 Å². The van der Waals surface area contributed by atoms with E-state index in [1.165, 1.54) is 6.92 Å². The molecular formula is C8H14F2O3S. The van der Waals surface area contributed by atoms with E-state index in [9.17, 15) is 13.6 Å². The van der Waals surface area contributed by atoms with E-state index < -0.39 is 17.6 Å². The highest BCUT2D eigenvalue weighted by Gasteiger charge is 2.40. The van der Waals surface area contributed by atoms with Crippen LogP contribution in [0.4, 0.5) is 8.78 Å². The number of rotatable bonds is 7. The Morgan fingerprint density at radius 3 is 2.71 bits per heavy atom. The summed E-state index contributed by atoms with van der Waals surface area (Å²) in [6.07, 6.45) is 0.448. The van der Waals surface area contributed by atoms with Gasteiger partial charge in [0.2, 0.25) is 0 Å². The van der Waals surface area contributed by atoms with Gasteiger partial charge in [-0.3, -0.25) is 0 Å². The van der Waals surface area contributed by atoms with Crippen LogP contribution in [0.3, 0.4) is 0 Å². The summed E-state index contributed by atoms with van der Waals surface area (Å²) >= 11 is 0.928. The van der Waals surface area contributed by atoms with E-state index >= 15 is 0 Å². The summed E-state index contributed by atoms with van der Waals surface area (Å²) in [4.78, 5) is 10.7. The van der Waals surface area contributed by atoms with E-state index in [-0.39, 0.29) is 13.2 Å². The first-order chi connectivity index (χ1) is 6.54. The number of alkyl halides is 2. The van der Waals surface area contributed by atoms with Crippen LogP contribution in [0.5, 0.6) is 0 Å². The highest BCUT2D eigenvalue weighted by atomic mass is 32.2. The summed E-state index contributed by atoms with van der Waals surface area (Å²) in [7, 11) is 0. The molecule has 0 aliphatic heterocycles. The molecule has 0 heterocycles. The molecule has 0 aromatic carbocycles. The number of aliphatic hydroxyl groups is 1. The molecule has 0 amide bonds. The van der Waals surface area contributed by atoms with Crippen molar-refractivity contribution in [3.8, 4) is 0 Å². The van der Waals surface area contributed by atoms with Crippen LogP contribution >= 0.6 is 11.8 Å². The van der Waals surface area contributed by atoms with Gasteiger partial charge < -0.3 is 9.84 Å². The number of carbonyl (C=O) groups excluding carboxylic acids is 1. The molecule has 0 aromatic heterocycles. The maximum absolute atomic E-state index is 12.9. The molecule has 0 spiro atoms. The van der Waals surface area contributed by atoms with Crippen LogP contribution in [-0.2, 0) is 9.53 Å². The number of ether oxygens (including phenoxy) is 1. The van der Waals surface area contributed by atoms with Gasteiger partial charge >= 0.3 is 11.9 Å². The lowest BCUT2D eigenvalue weighted by atomic mass is 10.4. The van der Waals surface area contributed by atoms with Gasteiger partial charge in [-0.05, 0) is 19.1 Å². The van der Waals surface area contributed by atoms with Gasteiger partial charge in [0.05, 0.1) is 12.4 Å². The first kappa shape index (κ1) is 13.6. The van der Waals surface area contributed by atoms with Crippen molar-refractivity contribution in [1.82, 2.24) is 0 Å². The van der Waals surface area contributed by atoms with E-state index in [0.717, 1.165) is 11.8 Å². The Hall–Kier alpha value is -0.360. The number of halogens is 2. The summed E-state index contributed by atoms with van der Waals surface area (Å²) in [6.45, 7) is 1.40. The Bertz CT molecular complexity index is 176. The number of hydrogen-bond acceptors (Lipinski definition) is 4. The number of esters is 1. The first-order valence-corrected chi connectivity index (χ1v) is 5.43. The van der Waals surface area contributed by atoms with Gasteiger partial charge in [0.15, 0.2) is 0 Å². The molecule has 0 saturated heterocycles. The zero-order chi connectivity index (χ0) is 11.0. The van der Waals surface area contributed by atoms with Crippen molar-refractivity contribution in [1.29, 1.82) is 0 Å². The lowest BCUT2D eigenvalue weighted by molar-refractivity contribution is -0.167. The van der Waals surface area contributed by atoms with Crippen LogP contribution in [0.15, 0.2) is 0 Å². The van der Waals surface area contributed by atoms with Gasteiger partial charge in [-0.2, -0.15) is 20.5 Å². The van der Waals surface area contributed by atoms with E-state index in [1.807, 2.05) is 0 Å². The number of aliphatic hydroxyl groups excluding tert-OH is 1. The van der Waals surface area contributed by atoms with Crippen molar-refractivity contribution in [3.05, 3.63) is 0 Å². The molecule has 14 heavy (non-hydrogen) atoms. The van der Waals surface area contributed by atoms with Crippen molar-refractivity contribution in [2.75, 3.05) is 24.7 Å². The average molecular weight is 228 g/mol. The summed E-state index contributed by atoms with van der Waals surface area (Å²) in [6, 6.07) is 0. The third-order valence-electron chi connectivity index (χ3n) is 1.30. The van der Waals surface area contributed by atoms with E-state index in [4.69, 9.17) is 5.11 Å². The monoisotopic (exact) mass is 228 g/mol. The quantitative estimate of drug-likeness (QED) is 0.527. The second-order valence-corrected chi connectivity index (χ2v) is 3.66. The average Bonchev–Trinajstić information content (AvgIpc) is 2.13. The lowest BCUT2D eigenvalue weighted by Crippen LogP contribution is -2.33. The molecule has 0 aliphatic rings. The Balaban J connectivity index is 3.76. The molecule has 0 fully saturated rings. The summed E-state index contributed by atoms with van der Waals surface area (Å²) in [5, 5.41) is 8.40. The molecule has 6 heteroatoms. The van der Waals surface area contributed by atoms with Crippen molar-refractivity contribution in [2.24, 2.45) is 0 Å². The number of carbonyl (C=O) groups is 1. The highest BCUT2D eigenvalue weighted by molar-refractivity contribution is 7.99. The van der Waals surface area contributed by atoms with Crippen molar-refractivity contribution >= 4 is 17.7 Å². The Kier molecular flexibility index (Phi) is 6.82. The predicted molar refractivity (Wildman–Crippen MR) is 50.6 cm³/mol. The van der Waals surface area contributed by atoms with E-state index in [1.54, 1.807) is 0 Å². The van der Waals surface area contributed by atoms with Crippen LogP contribution < -0.4 is 0 Å². The molecule has 3 nitrogen and oxygen atoms in total. The minimum absolute atomic E-state index is 0.0298. The molecule has 0 unspecified atom stereocenters. The number of thioether (sulfide) groups is 1. The van der Waals surface area contributed by atoms with E-state index in [0.29, 0.717) is 12.2 Å². The number of hydrogen-bond donors (Lipinski definition) is 1. The summed E-state index contributed by atoms with van der Waals surface area (Å²) in [5.74, 6) is -5.08. The molecule has 84 valence electrons. The molecule has 0 bridgehead atoms. The third-order valence-corrected chi connectivity index (χ3v) is 2.45. The topological polar surface area (TPSA) is 46.5 Å². The van der Waals surface area contributed by atoms with Crippen LogP contribution in [0.1, 0.15) is 13.3 Å². The van der Waals surface area contributed by atoms with Crippen molar-refractivity contribution in [3.63, 3.8) is 0 Å². The molecule has 0 rings (SSSR count). The Morgan fingerprint density at radius 1 is 1.57 bits per heavy atom. The SMILES string of the molecule is CCOC(=O)C(F)(F)CSCCCO. The molecule has 0 aliphatic carbocycles. The second-order valence-electron chi connectivity index (χ2n) is 2.55. The fraction of sp³-hybridized carbons (Fsp3) is 0.875. The molecule has 0 saturated carbocycles.